The van der Waals surface area contributed by atoms with Gasteiger partial charge in [-0.1, -0.05) is 5.06 Å². The molecule has 0 unspecified atom stereocenters. The number of hydrogen-bond donors (Lipinski definition) is 1. The zero-order valence-electron chi connectivity index (χ0n) is 4.67. The fourth-order valence-corrected chi connectivity index (χ4v) is 1.42. The van der Waals surface area contributed by atoms with Gasteiger partial charge in [-0.2, -0.15) is 0 Å². The fourth-order valence-electron chi connectivity index (χ4n) is 0.625. The van der Waals surface area contributed by atoms with Crippen LogP contribution in [0.5, 0.6) is 0 Å². The summed E-state index contributed by atoms with van der Waals surface area (Å²) >= 11 is -3.48. The molecule has 1 rings (SSSR count). The number of hydrogen-bond acceptors (Lipinski definition) is 5. The zero-order chi connectivity index (χ0) is 6.69. The standard InChI is InChI=1S/C3H7IN2O3/c7-4(8)9-6-2-1-5-3-6/h5H,1-3H2. The van der Waals surface area contributed by atoms with Crippen molar-refractivity contribution in [3.8, 4) is 0 Å². The van der Waals surface area contributed by atoms with E-state index in [0.29, 0.717) is 13.2 Å². The van der Waals surface area contributed by atoms with Crippen LogP contribution < -0.4 is 33.3 Å². The lowest BCUT2D eigenvalue weighted by Gasteiger charge is -2.01. The van der Waals surface area contributed by atoms with E-state index in [-0.39, 0.29) is 0 Å². The molecule has 54 valence electrons. The Labute approximate surface area is 61.6 Å². The first-order valence-electron chi connectivity index (χ1n) is 2.49. The molecule has 0 aromatic heterocycles. The Morgan fingerprint density at radius 1 is 1.56 bits per heavy atom. The van der Waals surface area contributed by atoms with Crippen molar-refractivity contribution in [2.24, 2.45) is 0 Å². The summed E-state index contributed by atoms with van der Waals surface area (Å²) < 4.78 is 24.4. The normalized spacial score (nSPS) is 21.7. The Balaban J connectivity index is 2.11. The molecule has 1 saturated heterocycles. The molecule has 0 aromatic rings. The predicted octanol–water partition coefficient (Wildman–Crippen LogP) is -6.13. The SMILES string of the molecule is [O-][I+2]([O-])ON1CCNC1. The highest BCUT2D eigenvalue weighted by molar-refractivity contribution is 4.55. The molecule has 0 spiro atoms. The molecule has 5 nitrogen and oxygen atoms in total. The second-order valence-electron chi connectivity index (χ2n) is 1.62. The van der Waals surface area contributed by atoms with Gasteiger partial charge < -0.3 is 12.2 Å². The van der Waals surface area contributed by atoms with Gasteiger partial charge in [0.05, 0.1) is 9.84 Å². The summed E-state index contributed by atoms with van der Waals surface area (Å²) in [5.41, 5.74) is 0. The Morgan fingerprint density at radius 3 is 2.78 bits per heavy atom. The van der Waals surface area contributed by atoms with Crippen molar-refractivity contribution < 1.29 is 31.1 Å². The van der Waals surface area contributed by atoms with Gasteiger partial charge in [-0.3, -0.25) is 0 Å². The molecule has 1 aliphatic rings. The van der Waals surface area contributed by atoms with Crippen molar-refractivity contribution >= 4 is 0 Å². The van der Waals surface area contributed by atoms with Crippen LogP contribution in [0.4, 0.5) is 0 Å². The average molecular weight is 246 g/mol. The molecule has 0 saturated carbocycles. The van der Waals surface area contributed by atoms with Gasteiger partial charge in [0.25, 0.3) is 0 Å². The maximum absolute atomic E-state index is 9.99. The highest BCUT2D eigenvalue weighted by Gasteiger charge is 2.23. The van der Waals surface area contributed by atoms with Gasteiger partial charge in [-0.15, -0.1) is 0 Å². The smallest absolute Gasteiger partial charge is 0.394 e. The molecule has 0 amide bonds. The molecule has 1 N–H and O–H groups in total. The Morgan fingerprint density at radius 2 is 2.33 bits per heavy atom. The first-order chi connectivity index (χ1) is 4.29. The van der Waals surface area contributed by atoms with Gasteiger partial charge in [0.15, 0.2) is 0 Å². The first kappa shape index (κ1) is 7.63. The van der Waals surface area contributed by atoms with E-state index < -0.39 is 21.1 Å². The van der Waals surface area contributed by atoms with Crippen molar-refractivity contribution in [3.63, 3.8) is 0 Å². The third-order valence-corrected chi connectivity index (χ3v) is 1.86. The summed E-state index contributed by atoms with van der Waals surface area (Å²) in [6, 6.07) is 0. The van der Waals surface area contributed by atoms with Gasteiger partial charge in [-0.05, 0) is 0 Å². The van der Waals surface area contributed by atoms with Crippen LogP contribution in [0.3, 0.4) is 0 Å². The quantitative estimate of drug-likeness (QED) is 0.491. The summed E-state index contributed by atoms with van der Waals surface area (Å²) in [4.78, 5) is 0. The molecule has 0 aliphatic carbocycles. The van der Waals surface area contributed by atoms with Gasteiger partial charge in [0.1, 0.15) is 0 Å². The highest BCUT2D eigenvalue weighted by atomic mass is 127. The van der Waals surface area contributed by atoms with Gasteiger partial charge in [-0.25, -0.2) is 0 Å². The van der Waals surface area contributed by atoms with Crippen LogP contribution in [0.1, 0.15) is 0 Å². The summed E-state index contributed by atoms with van der Waals surface area (Å²) in [5, 5.41) is 4.32. The van der Waals surface area contributed by atoms with Crippen LogP contribution in [0.25, 0.3) is 0 Å². The summed E-state index contributed by atoms with van der Waals surface area (Å²) in [6.45, 7) is 1.96. The second-order valence-corrected chi connectivity index (χ2v) is 3.09. The minimum Gasteiger partial charge on any atom is -0.394 e. The Bertz CT molecular complexity index is 85.1. The molecule has 9 heavy (non-hydrogen) atoms. The van der Waals surface area contributed by atoms with Crippen molar-refractivity contribution in [2.75, 3.05) is 19.8 Å². The highest BCUT2D eigenvalue weighted by Crippen LogP contribution is 1.85. The summed E-state index contributed by atoms with van der Waals surface area (Å²) in [7, 11) is 0. The number of nitrogens with one attached hydrogen (secondary N) is 1. The maximum atomic E-state index is 9.99. The monoisotopic (exact) mass is 246 g/mol. The minimum atomic E-state index is -3.48. The first-order valence-corrected chi connectivity index (χ1v) is 5.13. The number of halogens is 1. The van der Waals surface area contributed by atoms with Gasteiger partial charge in [0, 0.05) is 13.1 Å². The number of hydroxylamine groups is 2. The van der Waals surface area contributed by atoms with Crippen LogP contribution in [0.2, 0.25) is 0 Å². The van der Waals surface area contributed by atoms with Crippen molar-refractivity contribution in [3.05, 3.63) is 0 Å². The van der Waals surface area contributed by atoms with E-state index >= 15 is 0 Å². The minimum absolute atomic E-state index is 0.512. The number of rotatable bonds is 2. The van der Waals surface area contributed by atoms with E-state index in [0.717, 1.165) is 6.54 Å². The van der Waals surface area contributed by atoms with Crippen molar-refractivity contribution in [1.29, 1.82) is 0 Å². The molecule has 1 aliphatic heterocycles. The van der Waals surface area contributed by atoms with Crippen molar-refractivity contribution in [2.45, 2.75) is 0 Å². The molecule has 1 fully saturated rings. The van der Waals surface area contributed by atoms with Crippen molar-refractivity contribution in [1.82, 2.24) is 10.4 Å². The molecule has 0 atom stereocenters. The molecular weight excluding hydrogens is 239 g/mol. The van der Waals surface area contributed by atoms with Crippen LogP contribution >= 0.6 is 0 Å². The molecule has 0 bridgehead atoms. The molecule has 6 heteroatoms. The fraction of sp³-hybridized carbons (Fsp3) is 1.00. The maximum Gasteiger partial charge on any atom is 0.531 e. The molecule has 0 aromatic carbocycles. The lowest BCUT2D eigenvalue weighted by atomic mass is 10.7. The topological polar surface area (TPSA) is 70.6 Å². The summed E-state index contributed by atoms with van der Waals surface area (Å²) in [6.07, 6.45) is 0. The molecule has 0 radical (unpaired) electrons. The van der Waals surface area contributed by atoms with Crippen LogP contribution in [-0.4, -0.2) is 24.8 Å². The third kappa shape index (κ3) is 2.74. The average Bonchev–Trinajstić information content (AvgIpc) is 2.15. The van der Waals surface area contributed by atoms with E-state index in [1.54, 1.807) is 0 Å². The lowest BCUT2D eigenvalue weighted by molar-refractivity contribution is -1.64. The van der Waals surface area contributed by atoms with Crippen LogP contribution in [0, 0.1) is 0 Å². The Hall–Kier alpha value is 0.530. The lowest BCUT2D eigenvalue weighted by Crippen LogP contribution is -3.99. The molecular formula is C3H7IN2O3. The van der Waals surface area contributed by atoms with E-state index in [2.05, 4.69) is 8.48 Å². The number of nitrogens with zero attached hydrogens (tertiary/aromatic N) is 1. The second kappa shape index (κ2) is 3.64. The zero-order valence-corrected chi connectivity index (χ0v) is 6.83. The van der Waals surface area contributed by atoms with E-state index in [4.69, 9.17) is 0 Å². The third-order valence-electron chi connectivity index (χ3n) is 0.980. The van der Waals surface area contributed by atoms with Crippen LogP contribution in [-0.2, 0) is 3.17 Å². The van der Waals surface area contributed by atoms with E-state index in [1.165, 1.54) is 5.06 Å². The van der Waals surface area contributed by atoms with E-state index in [1.807, 2.05) is 0 Å². The largest absolute Gasteiger partial charge is 0.531 e. The predicted molar refractivity (Wildman–Crippen MR) is 20.7 cm³/mol. The van der Waals surface area contributed by atoms with E-state index in [9.17, 15) is 6.87 Å². The molecule has 1 heterocycles. The Kier molecular flexibility index (Phi) is 3.09. The summed E-state index contributed by atoms with van der Waals surface area (Å²) in [5.74, 6) is 0. The van der Waals surface area contributed by atoms with Gasteiger partial charge >= 0.3 is 21.1 Å². The van der Waals surface area contributed by atoms with Crippen LogP contribution in [0.15, 0.2) is 0 Å². The van der Waals surface area contributed by atoms with Gasteiger partial charge in [0.2, 0.25) is 0 Å².